The molecule has 1 aliphatic rings. The third kappa shape index (κ3) is 4.41. The van der Waals surface area contributed by atoms with E-state index in [1.807, 2.05) is 36.1 Å². The number of fused-ring (bicyclic) bond motifs is 1. The lowest BCUT2D eigenvalue weighted by atomic mass is 9.80. The van der Waals surface area contributed by atoms with Gasteiger partial charge >= 0.3 is 0 Å². The lowest BCUT2D eigenvalue weighted by Gasteiger charge is -2.44. The average Bonchev–Trinajstić information content (AvgIpc) is 3.63. The van der Waals surface area contributed by atoms with Crippen molar-refractivity contribution in [3.8, 4) is 11.5 Å². The van der Waals surface area contributed by atoms with Crippen LogP contribution in [0.15, 0.2) is 84.8 Å². The summed E-state index contributed by atoms with van der Waals surface area (Å²) in [6.07, 6.45) is 8.89. The first-order chi connectivity index (χ1) is 16.3. The topological polar surface area (TPSA) is 39.5 Å². The molecule has 1 aliphatic heterocycles. The summed E-state index contributed by atoms with van der Waals surface area (Å²) >= 11 is 1.82. The van der Waals surface area contributed by atoms with Gasteiger partial charge in [0, 0.05) is 30.2 Å². The number of thiophene rings is 1. The molecule has 0 saturated heterocycles. The van der Waals surface area contributed by atoms with E-state index in [1.165, 1.54) is 16.0 Å². The lowest BCUT2D eigenvalue weighted by molar-refractivity contribution is 0.0841. The first-order valence-corrected chi connectivity index (χ1v) is 12.4. The number of ether oxygens (including phenoxy) is 2. The van der Waals surface area contributed by atoms with Gasteiger partial charge in [0.1, 0.15) is 0 Å². The van der Waals surface area contributed by atoms with Crippen molar-refractivity contribution in [1.29, 1.82) is 0 Å². The van der Waals surface area contributed by atoms with Gasteiger partial charge in [-0.25, -0.2) is 4.98 Å². The van der Waals surface area contributed by atoms with Gasteiger partial charge in [-0.05, 0) is 41.1 Å². The van der Waals surface area contributed by atoms with Crippen LogP contribution in [0.1, 0.15) is 35.8 Å². The predicted octanol–water partition coefficient (Wildman–Crippen LogP) is 5.92. The van der Waals surface area contributed by atoms with Gasteiger partial charge in [0.05, 0.1) is 18.5 Å². The minimum atomic E-state index is -0.331. The molecule has 0 spiro atoms. The highest BCUT2D eigenvalue weighted by Gasteiger charge is 2.41. The van der Waals surface area contributed by atoms with Crippen molar-refractivity contribution in [2.24, 2.45) is 0 Å². The van der Waals surface area contributed by atoms with Crippen LogP contribution >= 0.6 is 11.3 Å². The minimum absolute atomic E-state index is 0.288. The van der Waals surface area contributed by atoms with E-state index >= 15 is 0 Å². The van der Waals surface area contributed by atoms with E-state index in [0.717, 1.165) is 44.0 Å². The largest absolute Gasteiger partial charge is 0.454 e. The third-order valence-corrected chi connectivity index (χ3v) is 7.31. The van der Waals surface area contributed by atoms with Crippen LogP contribution in [0.2, 0.25) is 0 Å². The third-order valence-electron chi connectivity index (χ3n) is 6.29. The van der Waals surface area contributed by atoms with Crippen LogP contribution in [0.3, 0.4) is 0 Å². The molecule has 0 aliphatic carbocycles. The summed E-state index contributed by atoms with van der Waals surface area (Å²) < 4.78 is 13.5. The summed E-state index contributed by atoms with van der Waals surface area (Å²) in [5.41, 5.74) is 2.19. The second kappa shape index (κ2) is 9.81. The molecule has 5 nitrogen and oxygen atoms in total. The Morgan fingerprint density at radius 1 is 1.06 bits per heavy atom. The molecule has 3 heterocycles. The molecule has 1 atom stereocenters. The quantitative estimate of drug-likeness (QED) is 0.295. The fourth-order valence-corrected chi connectivity index (χ4v) is 5.63. The summed E-state index contributed by atoms with van der Waals surface area (Å²) in [4.78, 5) is 8.26. The number of benzene rings is 2. The fraction of sp³-hybridized carbons (Fsp3) is 0.296. The molecule has 1 unspecified atom stereocenters. The zero-order valence-electron chi connectivity index (χ0n) is 18.9. The fourth-order valence-electron chi connectivity index (χ4n) is 4.65. The van der Waals surface area contributed by atoms with E-state index in [4.69, 9.17) is 9.47 Å². The molecule has 170 valence electrons. The average molecular weight is 460 g/mol. The number of unbranched alkanes of at least 4 members (excludes halogenated alkanes) is 1. The van der Waals surface area contributed by atoms with E-state index in [9.17, 15) is 0 Å². The van der Waals surface area contributed by atoms with Crippen LogP contribution in [-0.4, -0.2) is 27.8 Å². The van der Waals surface area contributed by atoms with E-state index in [2.05, 4.69) is 81.4 Å². The Morgan fingerprint density at radius 2 is 1.94 bits per heavy atom. The molecule has 0 bridgehead atoms. The zero-order valence-corrected chi connectivity index (χ0v) is 19.7. The van der Waals surface area contributed by atoms with Crippen LogP contribution in [-0.2, 0) is 18.6 Å². The monoisotopic (exact) mass is 459 g/mol. The van der Waals surface area contributed by atoms with Gasteiger partial charge in [-0.2, -0.15) is 0 Å². The van der Waals surface area contributed by atoms with Gasteiger partial charge in [0.15, 0.2) is 11.5 Å². The standard InChI is InChI=1S/C27H29N3O2S/c1-2-3-14-30(20-29-15-13-28-19-29)27(26-10-7-16-33-26,23-8-5-4-6-9-23)18-22-11-12-24-25(17-22)32-21-31-24/h4-13,15-17,19H,2-3,14,18,20-21H2,1H3. The maximum Gasteiger partial charge on any atom is 0.231 e. The van der Waals surface area contributed by atoms with Crippen LogP contribution in [0.5, 0.6) is 11.5 Å². The first-order valence-electron chi connectivity index (χ1n) is 11.5. The molecule has 5 rings (SSSR count). The van der Waals surface area contributed by atoms with Crippen molar-refractivity contribution in [1.82, 2.24) is 14.5 Å². The Bertz CT molecular complexity index is 1150. The van der Waals surface area contributed by atoms with Crippen LogP contribution in [0.4, 0.5) is 0 Å². The maximum atomic E-state index is 5.72. The number of hydrogen-bond donors (Lipinski definition) is 0. The highest BCUT2D eigenvalue weighted by atomic mass is 32.1. The highest BCUT2D eigenvalue weighted by Crippen LogP contribution is 2.43. The lowest BCUT2D eigenvalue weighted by Crippen LogP contribution is -2.49. The summed E-state index contributed by atoms with van der Waals surface area (Å²) in [6.45, 7) is 4.28. The Morgan fingerprint density at radius 3 is 2.70 bits per heavy atom. The maximum absolute atomic E-state index is 5.72. The SMILES string of the molecule is CCCCN(Cn1ccnc1)C(Cc1ccc2c(c1)OCO2)(c1ccccc1)c1cccs1. The second-order valence-corrected chi connectivity index (χ2v) is 9.35. The highest BCUT2D eigenvalue weighted by molar-refractivity contribution is 7.10. The van der Waals surface area contributed by atoms with Gasteiger partial charge in [-0.1, -0.05) is 55.8 Å². The molecular formula is C27H29N3O2S. The van der Waals surface area contributed by atoms with Gasteiger partial charge in [0.25, 0.3) is 0 Å². The van der Waals surface area contributed by atoms with E-state index in [0.29, 0.717) is 0 Å². The number of nitrogens with zero attached hydrogens (tertiary/aromatic N) is 3. The van der Waals surface area contributed by atoms with Gasteiger partial charge < -0.3 is 14.0 Å². The van der Waals surface area contributed by atoms with E-state index in [1.54, 1.807) is 0 Å². The van der Waals surface area contributed by atoms with Crippen molar-refractivity contribution in [2.75, 3.05) is 13.3 Å². The van der Waals surface area contributed by atoms with Crippen LogP contribution < -0.4 is 9.47 Å². The molecule has 0 radical (unpaired) electrons. The van der Waals surface area contributed by atoms with Crippen LogP contribution in [0, 0.1) is 0 Å². The van der Waals surface area contributed by atoms with Crippen molar-refractivity contribution in [3.63, 3.8) is 0 Å². The number of imidazole rings is 1. The molecule has 33 heavy (non-hydrogen) atoms. The summed E-state index contributed by atoms with van der Waals surface area (Å²) in [7, 11) is 0. The summed E-state index contributed by atoms with van der Waals surface area (Å²) in [5, 5.41) is 2.18. The normalized spacial score (nSPS) is 14.5. The Labute approximate surface area is 199 Å². The van der Waals surface area contributed by atoms with Crippen molar-refractivity contribution in [2.45, 2.75) is 38.4 Å². The Hall–Kier alpha value is -3.09. The first kappa shape index (κ1) is 21.7. The number of rotatable bonds is 10. The molecule has 0 amide bonds. The van der Waals surface area contributed by atoms with E-state index < -0.39 is 0 Å². The molecule has 0 saturated carbocycles. The number of hydrogen-bond acceptors (Lipinski definition) is 5. The van der Waals surface area contributed by atoms with Gasteiger partial charge in [0.2, 0.25) is 6.79 Å². The second-order valence-electron chi connectivity index (χ2n) is 8.40. The van der Waals surface area contributed by atoms with Gasteiger partial charge in [-0.3, -0.25) is 4.90 Å². The zero-order chi connectivity index (χ0) is 22.5. The molecule has 0 fully saturated rings. The molecule has 2 aromatic heterocycles. The van der Waals surface area contributed by atoms with Crippen molar-refractivity contribution < 1.29 is 9.47 Å². The number of aromatic nitrogens is 2. The molecule has 0 N–H and O–H groups in total. The smallest absolute Gasteiger partial charge is 0.231 e. The minimum Gasteiger partial charge on any atom is -0.454 e. The van der Waals surface area contributed by atoms with Gasteiger partial charge in [-0.15, -0.1) is 11.3 Å². The van der Waals surface area contributed by atoms with Crippen LogP contribution in [0.25, 0.3) is 0 Å². The van der Waals surface area contributed by atoms with Crippen molar-refractivity contribution >= 4 is 11.3 Å². The summed E-state index contributed by atoms with van der Waals surface area (Å²) in [6, 6.07) is 21.7. The molecule has 6 heteroatoms. The Balaban J connectivity index is 1.66. The van der Waals surface area contributed by atoms with Crippen molar-refractivity contribution in [3.05, 3.63) is 101 Å². The Kier molecular flexibility index (Phi) is 6.46. The molecular weight excluding hydrogens is 430 g/mol. The molecule has 4 aromatic rings. The molecule has 2 aromatic carbocycles. The predicted molar refractivity (Wildman–Crippen MR) is 132 cm³/mol. The van der Waals surface area contributed by atoms with E-state index in [-0.39, 0.29) is 12.3 Å². The summed E-state index contributed by atoms with van der Waals surface area (Å²) in [5.74, 6) is 1.65.